The zero-order valence-corrected chi connectivity index (χ0v) is 12.2. The Balaban J connectivity index is 1.85. The quantitative estimate of drug-likeness (QED) is 0.750. The lowest BCUT2D eigenvalue weighted by molar-refractivity contribution is -0.144. The van der Waals surface area contributed by atoms with Gasteiger partial charge in [0, 0.05) is 19.1 Å². The molecule has 4 heteroatoms. The molecule has 0 unspecified atom stereocenters. The molecule has 2 N–H and O–H groups in total. The normalized spacial score (nSPS) is 22.8. The number of carbonyl (C=O) groups is 1. The van der Waals surface area contributed by atoms with E-state index in [0.29, 0.717) is 12.6 Å². The van der Waals surface area contributed by atoms with Gasteiger partial charge in [-0.25, -0.2) is 0 Å². The van der Waals surface area contributed by atoms with Crippen LogP contribution in [0, 0.1) is 0 Å². The molecule has 19 heavy (non-hydrogen) atoms. The third-order valence-electron chi connectivity index (χ3n) is 4.54. The summed E-state index contributed by atoms with van der Waals surface area (Å²) in [5, 5.41) is 0. The van der Waals surface area contributed by atoms with Crippen molar-refractivity contribution in [3.8, 4) is 0 Å². The number of likely N-dealkylation sites (N-methyl/N-ethyl adjacent to an activating group) is 1. The lowest BCUT2D eigenvalue weighted by Crippen LogP contribution is -2.44. The minimum atomic E-state index is -0.241. The van der Waals surface area contributed by atoms with E-state index in [1.54, 1.807) is 0 Å². The van der Waals surface area contributed by atoms with Crippen LogP contribution in [0.1, 0.15) is 58.3 Å². The minimum absolute atomic E-state index is 0.141. The van der Waals surface area contributed by atoms with Crippen LogP contribution in [0.15, 0.2) is 0 Å². The number of ether oxygens (including phenoxy) is 1. The summed E-state index contributed by atoms with van der Waals surface area (Å²) in [7, 11) is 0. The van der Waals surface area contributed by atoms with Crippen LogP contribution in [-0.4, -0.2) is 42.1 Å². The maximum atomic E-state index is 12.2. The zero-order valence-electron chi connectivity index (χ0n) is 12.2. The van der Waals surface area contributed by atoms with Crippen LogP contribution in [-0.2, 0) is 9.53 Å². The Morgan fingerprint density at radius 2 is 1.89 bits per heavy atom. The van der Waals surface area contributed by atoms with E-state index in [0.717, 1.165) is 32.2 Å². The van der Waals surface area contributed by atoms with E-state index in [2.05, 4.69) is 0 Å². The van der Waals surface area contributed by atoms with E-state index in [1.807, 2.05) is 11.8 Å². The molecule has 2 saturated carbocycles. The second kappa shape index (κ2) is 6.71. The monoisotopic (exact) mass is 268 g/mol. The summed E-state index contributed by atoms with van der Waals surface area (Å²) in [5.41, 5.74) is 5.68. The van der Waals surface area contributed by atoms with E-state index in [9.17, 15) is 4.79 Å². The highest BCUT2D eigenvalue weighted by atomic mass is 16.5. The Kier molecular flexibility index (Phi) is 5.22. The first-order valence-corrected chi connectivity index (χ1v) is 7.84. The lowest BCUT2D eigenvalue weighted by Gasteiger charge is -2.32. The van der Waals surface area contributed by atoms with Gasteiger partial charge in [0.1, 0.15) is 6.61 Å². The molecule has 2 aliphatic carbocycles. The van der Waals surface area contributed by atoms with Crippen LogP contribution in [0.25, 0.3) is 0 Å². The van der Waals surface area contributed by atoms with Crippen molar-refractivity contribution in [1.82, 2.24) is 4.90 Å². The SMILES string of the molecule is CCN(C(=O)COC1(CN)CCCCCC1)C1CC1. The van der Waals surface area contributed by atoms with Crippen molar-refractivity contribution in [3.63, 3.8) is 0 Å². The van der Waals surface area contributed by atoms with Crippen molar-refractivity contribution >= 4 is 5.91 Å². The molecule has 0 aromatic heterocycles. The second-order valence-corrected chi connectivity index (χ2v) is 6.00. The first kappa shape index (κ1) is 14.8. The van der Waals surface area contributed by atoms with Gasteiger partial charge < -0.3 is 15.4 Å². The Morgan fingerprint density at radius 3 is 2.37 bits per heavy atom. The van der Waals surface area contributed by atoms with E-state index < -0.39 is 0 Å². The summed E-state index contributed by atoms with van der Waals surface area (Å²) in [4.78, 5) is 14.2. The number of hydrogen-bond acceptors (Lipinski definition) is 3. The Hall–Kier alpha value is -0.610. The largest absolute Gasteiger partial charge is 0.364 e. The fraction of sp³-hybridized carbons (Fsp3) is 0.933. The molecular weight excluding hydrogens is 240 g/mol. The fourth-order valence-electron chi connectivity index (χ4n) is 3.10. The highest BCUT2D eigenvalue weighted by Gasteiger charge is 2.34. The molecular formula is C15H28N2O2. The van der Waals surface area contributed by atoms with Crippen molar-refractivity contribution in [2.75, 3.05) is 19.7 Å². The number of amides is 1. The third-order valence-corrected chi connectivity index (χ3v) is 4.54. The Bertz CT molecular complexity index is 295. The van der Waals surface area contributed by atoms with Crippen LogP contribution in [0.5, 0.6) is 0 Å². The summed E-state index contributed by atoms with van der Waals surface area (Å²) in [6, 6.07) is 0.476. The number of nitrogens with zero attached hydrogens (tertiary/aromatic N) is 1. The molecule has 0 aromatic carbocycles. The van der Waals surface area contributed by atoms with Gasteiger partial charge in [-0.2, -0.15) is 0 Å². The standard InChI is InChI=1S/C15H28N2O2/c1-2-17(13-7-8-13)14(18)11-19-15(12-16)9-5-3-4-6-10-15/h13H,2-12,16H2,1H3. The molecule has 1 amide bonds. The summed E-state index contributed by atoms with van der Waals surface area (Å²) < 4.78 is 6.01. The topological polar surface area (TPSA) is 55.6 Å². The molecule has 2 fully saturated rings. The average molecular weight is 268 g/mol. The van der Waals surface area contributed by atoms with Crippen molar-refractivity contribution < 1.29 is 9.53 Å². The maximum absolute atomic E-state index is 12.2. The number of hydrogen-bond donors (Lipinski definition) is 1. The first-order valence-electron chi connectivity index (χ1n) is 7.84. The summed E-state index contributed by atoms with van der Waals surface area (Å²) in [6.45, 7) is 3.58. The maximum Gasteiger partial charge on any atom is 0.248 e. The molecule has 0 aliphatic heterocycles. The predicted octanol–water partition coefficient (Wildman–Crippen LogP) is 2.07. The third kappa shape index (κ3) is 3.93. The van der Waals surface area contributed by atoms with Gasteiger partial charge in [0.15, 0.2) is 0 Å². The van der Waals surface area contributed by atoms with Crippen molar-refractivity contribution in [2.45, 2.75) is 69.9 Å². The van der Waals surface area contributed by atoms with Crippen molar-refractivity contribution in [2.24, 2.45) is 5.73 Å². The predicted molar refractivity (Wildman–Crippen MR) is 75.8 cm³/mol. The number of rotatable bonds is 6. The highest BCUT2D eigenvalue weighted by Crippen LogP contribution is 2.30. The van der Waals surface area contributed by atoms with Gasteiger partial charge in [0.2, 0.25) is 5.91 Å². The molecule has 0 bridgehead atoms. The zero-order chi connectivity index (χ0) is 13.7. The molecule has 0 atom stereocenters. The van der Waals surface area contributed by atoms with Crippen LogP contribution < -0.4 is 5.73 Å². The summed E-state index contributed by atoms with van der Waals surface area (Å²) in [6.07, 6.45) is 9.20. The van der Waals surface area contributed by atoms with Crippen molar-refractivity contribution in [3.05, 3.63) is 0 Å². The van der Waals surface area contributed by atoms with E-state index in [1.165, 1.54) is 25.7 Å². The van der Waals surface area contributed by atoms with Crippen molar-refractivity contribution in [1.29, 1.82) is 0 Å². The summed E-state index contributed by atoms with van der Waals surface area (Å²) >= 11 is 0. The molecule has 2 rings (SSSR count). The van der Waals surface area contributed by atoms with Gasteiger partial charge in [-0.3, -0.25) is 4.79 Å². The molecule has 4 nitrogen and oxygen atoms in total. The van der Waals surface area contributed by atoms with Crippen LogP contribution in [0.2, 0.25) is 0 Å². The van der Waals surface area contributed by atoms with Gasteiger partial charge in [0.05, 0.1) is 5.60 Å². The molecule has 110 valence electrons. The lowest BCUT2D eigenvalue weighted by atomic mass is 9.94. The van der Waals surface area contributed by atoms with Gasteiger partial charge >= 0.3 is 0 Å². The smallest absolute Gasteiger partial charge is 0.248 e. The minimum Gasteiger partial charge on any atom is -0.364 e. The van der Waals surface area contributed by atoms with Gasteiger partial charge in [-0.1, -0.05) is 25.7 Å². The van der Waals surface area contributed by atoms with Crippen LogP contribution in [0.4, 0.5) is 0 Å². The van der Waals surface area contributed by atoms with E-state index >= 15 is 0 Å². The van der Waals surface area contributed by atoms with Crippen LogP contribution in [0.3, 0.4) is 0 Å². The average Bonchev–Trinajstić information content (AvgIpc) is 3.25. The molecule has 0 spiro atoms. The fourth-order valence-corrected chi connectivity index (χ4v) is 3.10. The Morgan fingerprint density at radius 1 is 1.26 bits per heavy atom. The molecule has 2 aliphatic rings. The van der Waals surface area contributed by atoms with Gasteiger partial charge in [0.25, 0.3) is 0 Å². The second-order valence-electron chi connectivity index (χ2n) is 6.00. The van der Waals surface area contributed by atoms with E-state index in [4.69, 9.17) is 10.5 Å². The molecule has 0 radical (unpaired) electrons. The Labute approximate surface area is 116 Å². The number of nitrogens with two attached hydrogens (primary N) is 1. The molecule has 0 heterocycles. The number of carbonyl (C=O) groups excluding carboxylic acids is 1. The summed E-state index contributed by atoms with van der Waals surface area (Å²) in [5.74, 6) is 0.141. The molecule has 0 aromatic rings. The highest BCUT2D eigenvalue weighted by molar-refractivity contribution is 5.78. The first-order chi connectivity index (χ1) is 9.21. The van der Waals surface area contributed by atoms with Gasteiger partial charge in [-0.15, -0.1) is 0 Å². The van der Waals surface area contributed by atoms with Gasteiger partial charge in [-0.05, 0) is 32.6 Å². The van der Waals surface area contributed by atoms with Crippen LogP contribution >= 0.6 is 0 Å². The van der Waals surface area contributed by atoms with E-state index in [-0.39, 0.29) is 18.1 Å². The molecule has 0 saturated heterocycles.